The zero-order valence-electron chi connectivity index (χ0n) is 30.1. The molecule has 3 rings (SSSR count). The molecule has 1 heterocycles. The summed E-state index contributed by atoms with van der Waals surface area (Å²) in [6.45, 7) is 11.8. The molecule has 0 atom stereocenters. The molecule has 0 saturated carbocycles. The van der Waals surface area contributed by atoms with Crippen LogP contribution in [0.5, 0.6) is 0 Å². The fourth-order valence-corrected chi connectivity index (χ4v) is 5.17. The molecule has 1 fully saturated rings. The molecular weight excluding hydrogens is 640 g/mol. The van der Waals surface area contributed by atoms with E-state index in [1.54, 1.807) is 6.08 Å². The molecule has 1 saturated heterocycles. The third-order valence-corrected chi connectivity index (χ3v) is 7.82. The Morgan fingerprint density at radius 1 is 0.560 bits per heavy atom. The molecule has 0 amide bonds. The van der Waals surface area contributed by atoms with Crippen LogP contribution in [0.25, 0.3) is 0 Å². The first-order chi connectivity index (χ1) is 24.0. The first-order valence-electron chi connectivity index (χ1n) is 17.3. The minimum absolute atomic E-state index is 0.0451. The lowest BCUT2D eigenvalue weighted by molar-refractivity contribution is -0.156. The number of nitrogens with zero attached hydrogens (tertiary/aromatic N) is 4. The van der Waals surface area contributed by atoms with Crippen molar-refractivity contribution in [1.82, 2.24) is 19.6 Å². The molecule has 0 spiro atoms. The summed E-state index contributed by atoms with van der Waals surface area (Å²) < 4.78 is 22.2. The number of rotatable bonds is 14. The Bertz CT molecular complexity index is 1350. The van der Waals surface area contributed by atoms with E-state index in [-0.39, 0.29) is 69.9 Å². The van der Waals surface area contributed by atoms with Gasteiger partial charge in [-0.3, -0.25) is 38.8 Å². The average molecular weight is 695 g/mol. The maximum absolute atomic E-state index is 13.0. The van der Waals surface area contributed by atoms with Crippen LogP contribution in [0.1, 0.15) is 38.8 Å². The van der Waals surface area contributed by atoms with Gasteiger partial charge in [0.15, 0.2) is 0 Å². The molecule has 274 valence electrons. The smallest absolute Gasteiger partial charge is 0.320 e. The molecule has 2 aromatic rings. The molecular formula is C38H54N4O8. The van der Waals surface area contributed by atoms with Crippen LogP contribution in [0.4, 0.5) is 0 Å². The van der Waals surface area contributed by atoms with Crippen molar-refractivity contribution in [3.8, 4) is 0 Å². The predicted molar refractivity (Wildman–Crippen MR) is 190 cm³/mol. The second kappa shape index (κ2) is 21.9. The Morgan fingerprint density at radius 3 is 1.24 bits per heavy atom. The normalized spacial score (nSPS) is 16.2. The molecule has 12 nitrogen and oxygen atoms in total. The number of hydrogen-bond donors (Lipinski definition) is 0. The fourth-order valence-electron chi connectivity index (χ4n) is 5.17. The van der Waals surface area contributed by atoms with Gasteiger partial charge < -0.3 is 18.9 Å². The first-order valence-corrected chi connectivity index (χ1v) is 17.3. The zero-order valence-corrected chi connectivity index (χ0v) is 30.1. The van der Waals surface area contributed by atoms with E-state index in [1.165, 1.54) is 0 Å². The van der Waals surface area contributed by atoms with Crippen molar-refractivity contribution in [2.45, 2.75) is 46.5 Å². The van der Waals surface area contributed by atoms with Crippen LogP contribution >= 0.6 is 0 Å². The summed E-state index contributed by atoms with van der Waals surface area (Å²) in [4.78, 5) is 59.5. The van der Waals surface area contributed by atoms with Crippen molar-refractivity contribution >= 4 is 23.9 Å². The van der Waals surface area contributed by atoms with Crippen molar-refractivity contribution < 1.29 is 38.1 Å². The molecule has 1 aliphatic rings. The summed E-state index contributed by atoms with van der Waals surface area (Å²) in [5.41, 5.74) is 1.16. The predicted octanol–water partition coefficient (Wildman–Crippen LogP) is 3.16. The molecule has 0 bridgehead atoms. The van der Waals surface area contributed by atoms with Gasteiger partial charge in [-0.15, -0.1) is 0 Å². The number of esters is 4. The van der Waals surface area contributed by atoms with Gasteiger partial charge in [0.2, 0.25) is 0 Å². The van der Waals surface area contributed by atoms with Crippen molar-refractivity contribution in [3.63, 3.8) is 0 Å². The fraction of sp³-hybridized carbons (Fsp3) is 0.526. The average Bonchev–Trinajstić information content (AvgIpc) is 3.07. The summed E-state index contributed by atoms with van der Waals surface area (Å²) in [5, 5.41) is 0. The summed E-state index contributed by atoms with van der Waals surface area (Å²) in [7, 11) is 0. The van der Waals surface area contributed by atoms with Crippen LogP contribution < -0.4 is 0 Å². The lowest BCUT2D eigenvalue weighted by Gasteiger charge is -2.33. The van der Waals surface area contributed by atoms with Crippen molar-refractivity contribution in [2.24, 2.45) is 0 Å². The number of hydrogen-bond acceptors (Lipinski definition) is 12. The number of ether oxygens (including phenoxy) is 4. The second-order valence-electron chi connectivity index (χ2n) is 13.2. The summed E-state index contributed by atoms with van der Waals surface area (Å²) >= 11 is 0. The number of carbonyl (C=O) groups excluding carboxylic acids is 4. The van der Waals surface area contributed by atoms with E-state index >= 15 is 0 Å². The van der Waals surface area contributed by atoms with E-state index in [0.29, 0.717) is 52.4 Å². The van der Waals surface area contributed by atoms with Crippen LogP contribution in [0.15, 0.2) is 72.8 Å². The van der Waals surface area contributed by atoms with Crippen molar-refractivity contribution in [3.05, 3.63) is 83.9 Å². The minimum atomic E-state index is -0.632. The Labute approximate surface area is 296 Å². The molecule has 0 unspecified atom stereocenters. The highest BCUT2D eigenvalue weighted by atomic mass is 16.6. The van der Waals surface area contributed by atoms with Crippen LogP contribution in [0, 0.1) is 0 Å². The lowest BCUT2D eigenvalue weighted by Crippen LogP contribution is -2.49. The summed E-state index contributed by atoms with van der Waals surface area (Å²) in [6, 6.07) is 19.0. The molecule has 50 heavy (non-hydrogen) atoms. The highest BCUT2D eigenvalue weighted by molar-refractivity contribution is 5.73. The number of benzene rings is 2. The molecule has 0 N–H and O–H groups in total. The van der Waals surface area contributed by atoms with E-state index in [4.69, 9.17) is 18.9 Å². The number of carbonyl (C=O) groups is 4. The monoisotopic (exact) mass is 694 g/mol. The molecule has 0 aromatic heterocycles. The standard InChI is InChI=1S/C38H54N4O8/c1-5-6-25-47-34(43)26-39-17-18-40(27-35(44)48-30-32-13-9-7-10-14-32)19-20-41(28-36(45)49-31-33-15-11-8-12-16-33)22-24-42(23-21-39)29-37(46)50-38(2,3)4/h5-16H,17-31H2,1-4H3. The van der Waals surface area contributed by atoms with Crippen molar-refractivity contribution in [1.29, 1.82) is 0 Å². The van der Waals surface area contributed by atoms with E-state index in [9.17, 15) is 19.2 Å². The molecule has 2 aromatic carbocycles. The Morgan fingerprint density at radius 2 is 0.900 bits per heavy atom. The molecule has 0 aliphatic carbocycles. The van der Waals surface area contributed by atoms with E-state index < -0.39 is 5.60 Å². The van der Waals surface area contributed by atoms with Crippen LogP contribution in [-0.2, 0) is 51.3 Å². The second-order valence-corrected chi connectivity index (χ2v) is 13.2. The third-order valence-electron chi connectivity index (χ3n) is 7.82. The first kappa shape index (κ1) is 40.3. The highest BCUT2D eigenvalue weighted by Gasteiger charge is 2.24. The van der Waals surface area contributed by atoms with Gasteiger partial charge in [0, 0.05) is 52.4 Å². The van der Waals surface area contributed by atoms with Gasteiger partial charge in [0.25, 0.3) is 0 Å². The van der Waals surface area contributed by atoms with Gasteiger partial charge in [-0.2, -0.15) is 0 Å². The minimum Gasteiger partial charge on any atom is -0.461 e. The van der Waals surface area contributed by atoms with E-state index in [0.717, 1.165) is 11.1 Å². The van der Waals surface area contributed by atoms with Gasteiger partial charge >= 0.3 is 23.9 Å². The van der Waals surface area contributed by atoms with E-state index in [2.05, 4.69) is 0 Å². The zero-order chi connectivity index (χ0) is 36.2. The lowest BCUT2D eigenvalue weighted by atomic mass is 10.2. The Balaban J connectivity index is 1.74. The number of allylic oxidation sites excluding steroid dienone is 1. The van der Waals surface area contributed by atoms with Gasteiger partial charge in [0.1, 0.15) is 25.4 Å². The quantitative estimate of drug-likeness (QED) is 0.164. The van der Waals surface area contributed by atoms with E-state index in [1.807, 2.05) is 114 Å². The summed E-state index contributed by atoms with van der Waals surface area (Å²) in [5.74, 6) is -1.44. The Hall–Kier alpha value is -4.10. The van der Waals surface area contributed by atoms with Gasteiger partial charge in [-0.1, -0.05) is 72.8 Å². The highest BCUT2D eigenvalue weighted by Crippen LogP contribution is 2.09. The molecule has 12 heteroatoms. The molecule has 1 aliphatic heterocycles. The maximum Gasteiger partial charge on any atom is 0.320 e. The van der Waals surface area contributed by atoms with Gasteiger partial charge in [-0.05, 0) is 38.8 Å². The van der Waals surface area contributed by atoms with Crippen LogP contribution in [0.3, 0.4) is 0 Å². The van der Waals surface area contributed by atoms with Crippen molar-refractivity contribution in [2.75, 3.05) is 85.1 Å². The topological polar surface area (TPSA) is 118 Å². The molecule has 0 radical (unpaired) electrons. The SMILES string of the molecule is CC=CCOC(=O)CN1CCN(CC(=O)OCc2ccccc2)CCN(CC(=O)OCc2ccccc2)CCN(CC(=O)OC(C)(C)C)CC1. The van der Waals surface area contributed by atoms with Crippen LogP contribution in [-0.4, -0.2) is 134 Å². The largest absolute Gasteiger partial charge is 0.461 e. The maximum atomic E-state index is 13.0. The third kappa shape index (κ3) is 17.5. The van der Waals surface area contributed by atoms with Crippen LogP contribution in [0.2, 0.25) is 0 Å². The Kier molecular flexibility index (Phi) is 17.6. The summed E-state index contributed by atoms with van der Waals surface area (Å²) in [6.07, 6.45) is 3.59. The van der Waals surface area contributed by atoms with Gasteiger partial charge in [-0.25, -0.2) is 0 Å². The van der Waals surface area contributed by atoms with Gasteiger partial charge in [0.05, 0.1) is 26.2 Å².